The molecular formula is C27H27F3N6O. The quantitative estimate of drug-likeness (QED) is 0.346. The van der Waals surface area contributed by atoms with Gasteiger partial charge in [0.05, 0.1) is 35.8 Å². The number of nitrogens with one attached hydrogen (secondary N) is 2. The fourth-order valence-electron chi connectivity index (χ4n) is 3.22. The molecule has 2 heterocycles. The number of aryl methyl sites for hydroxylation is 1. The summed E-state index contributed by atoms with van der Waals surface area (Å²) in [4.78, 5) is 29.0. The largest absolute Gasteiger partial charge is 0.418 e. The van der Waals surface area contributed by atoms with Gasteiger partial charge in [-0.3, -0.25) is 14.8 Å². The van der Waals surface area contributed by atoms with Crippen LogP contribution in [0.1, 0.15) is 37.6 Å². The number of carbonyl (C=O) groups is 1. The lowest BCUT2D eigenvalue weighted by molar-refractivity contribution is -0.138. The lowest BCUT2D eigenvalue weighted by Gasteiger charge is -2.12. The number of aromatic nitrogens is 3. The van der Waals surface area contributed by atoms with E-state index in [1.54, 1.807) is 37.7 Å². The Labute approximate surface area is 213 Å². The molecule has 37 heavy (non-hydrogen) atoms. The van der Waals surface area contributed by atoms with E-state index in [-0.39, 0.29) is 17.8 Å². The molecule has 1 aromatic carbocycles. The number of amides is 1. The molecule has 0 spiro atoms. The summed E-state index contributed by atoms with van der Waals surface area (Å²) in [6.45, 7) is 10.7. The lowest BCUT2D eigenvalue weighted by Crippen LogP contribution is -2.16. The summed E-state index contributed by atoms with van der Waals surface area (Å²) in [5.41, 5.74) is 3.75. The molecule has 0 aliphatic carbocycles. The summed E-state index contributed by atoms with van der Waals surface area (Å²) in [6, 6.07) is 8.07. The third-order valence-corrected chi connectivity index (χ3v) is 5.18. The SMILES string of the molecule is C=C(C)N=CC(Nc1ncc(-c2ccc(CC(=O)Nc3cnc(C)c(C(F)(F)F)c3)cc2)cn1)=C(C)C. The Morgan fingerprint density at radius 3 is 2.22 bits per heavy atom. The fraction of sp³-hybridized carbons (Fsp3) is 0.222. The number of halogens is 3. The molecule has 2 N–H and O–H groups in total. The van der Waals surface area contributed by atoms with Gasteiger partial charge >= 0.3 is 6.18 Å². The van der Waals surface area contributed by atoms with Crippen molar-refractivity contribution < 1.29 is 18.0 Å². The molecule has 0 atom stereocenters. The van der Waals surface area contributed by atoms with Crippen LogP contribution in [0.15, 0.2) is 77.5 Å². The highest BCUT2D eigenvalue weighted by Gasteiger charge is 2.33. The van der Waals surface area contributed by atoms with Gasteiger partial charge in [-0.1, -0.05) is 36.4 Å². The molecule has 2 aromatic heterocycles. The first kappa shape index (κ1) is 27.3. The van der Waals surface area contributed by atoms with Crippen molar-refractivity contribution in [3.63, 3.8) is 0 Å². The molecule has 7 nitrogen and oxygen atoms in total. The minimum Gasteiger partial charge on any atom is -0.324 e. The van der Waals surface area contributed by atoms with Crippen LogP contribution in [0.25, 0.3) is 11.1 Å². The van der Waals surface area contributed by atoms with Crippen LogP contribution in [-0.2, 0) is 17.4 Å². The maximum absolute atomic E-state index is 13.1. The van der Waals surface area contributed by atoms with Gasteiger partial charge in [-0.25, -0.2) is 9.97 Å². The number of carbonyl (C=O) groups excluding carboxylic acids is 1. The maximum Gasteiger partial charge on any atom is 0.418 e. The Hall–Kier alpha value is -4.34. The number of hydrogen-bond acceptors (Lipinski definition) is 6. The number of anilines is 2. The molecule has 0 aliphatic heterocycles. The predicted molar refractivity (Wildman–Crippen MR) is 139 cm³/mol. The highest BCUT2D eigenvalue weighted by atomic mass is 19.4. The molecule has 3 rings (SSSR count). The molecule has 0 bridgehead atoms. The third-order valence-electron chi connectivity index (χ3n) is 5.18. The van der Waals surface area contributed by atoms with Crippen LogP contribution in [0, 0.1) is 6.92 Å². The average molecular weight is 509 g/mol. The van der Waals surface area contributed by atoms with Crippen LogP contribution in [-0.4, -0.2) is 27.1 Å². The molecule has 0 aliphatic rings. The van der Waals surface area contributed by atoms with E-state index in [9.17, 15) is 18.0 Å². The van der Waals surface area contributed by atoms with Gasteiger partial charge in [0, 0.05) is 29.3 Å². The van der Waals surface area contributed by atoms with Crippen molar-refractivity contribution in [3.05, 3.63) is 89.3 Å². The second-order valence-electron chi connectivity index (χ2n) is 8.60. The summed E-state index contributed by atoms with van der Waals surface area (Å²) < 4.78 is 39.2. The molecule has 0 unspecified atom stereocenters. The summed E-state index contributed by atoms with van der Waals surface area (Å²) in [7, 11) is 0. The van der Waals surface area contributed by atoms with Crippen LogP contribution < -0.4 is 10.6 Å². The van der Waals surface area contributed by atoms with E-state index in [4.69, 9.17) is 0 Å². The number of pyridine rings is 1. The van der Waals surface area contributed by atoms with Crippen LogP contribution in [0.3, 0.4) is 0 Å². The van der Waals surface area contributed by atoms with Gasteiger partial charge < -0.3 is 10.6 Å². The van der Waals surface area contributed by atoms with E-state index in [1.807, 2.05) is 26.0 Å². The summed E-state index contributed by atoms with van der Waals surface area (Å²) in [5, 5.41) is 5.61. The van der Waals surface area contributed by atoms with Crippen molar-refractivity contribution in [2.75, 3.05) is 10.6 Å². The molecule has 3 aromatic rings. The van der Waals surface area contributed by atoms with E-state index in [0.717, 1.165) is 28.5 Å². The van der Waals surface area contributed by atoms with Gasteiger partial charge in [0.25, 0.3) is 0 Å². The Balaban J connectivity index is 1.64. The minimum atomic E-state index is -4.54. The first-order valence-corrected chi connectivity index (χ1v) is 11.3. The summed E-state index contributed by atoms with van der Waals surface area (Å²) in [5.74, 6) is -0.0313. The number of benzene rings is 1. The molecule has 0 radical (unpaired) electrons. The predicted octanol–water partition coefficient (Wildman–Crippen LogP) is 6.36. The average Bonchev–Trinajstić information content (AvgIpc) is 2.83. The molecule has 0 saturated heterocycles. The Morgan fingerprint density at radius 1 is 1.00 bits per heavy atom. The standard InChI is InChI=1S/C27H27F3N6O/c1-16(2)24(15-31-17(3)4)36-26-33-12-21(13-34-26)20-8-6-19(7-9-20)10-25(37)35-22-11-23(27(28,29)30)18(5)32-14-22/h6-9,11-15H,3,10H2,1-2,4-5H3,(H,35,37)(H,33,34,36). The molecule has 0 saturated carbocycles. The van der Waals surface area contributed by atoms with Gasteiger partial charge in [-0.2, -0.15) is 13.2 Å². The number of allylic oxidation sites excluding steroid dienone is 3. The smallest absolute Gasteiger partial charge is 0.324 e. The number of aliphatic imine (C=N–C) groups is 1. The lowest BCUT2D eigenvalue weighted by atomic mass is 10.0. The maximum atomic E-state index is 13.1. The second-order valence-corrected chi connectivity index (χ2v) is 8.60. The molecular weight excluding hydrogens is 481 g/mol. The number of nitrogens with zero attached hydrogens (tertiary/aromatic N) is 4. The zero-order valence-electron chi connectivity index (χ0n) is 20.9. The monoisotopic (exact) mass is 508 g/mol. The zero-order valence-corrected chi connectivity index (χ0v) is 20.9. The van der Waals surface area contributed by atoms with Crippen molar-refractivity contribution in [2.45, 2.75) is 40.3 Å². The molecule has 192 valence electrons. The second kappa shape index (κ2) is 11.6. The number of hydrogen-bond donors (Lipinski definition) is 2. The van der Waals surface area contributed by atoms with E-state index in [2.05, 4.69) is 37.2 Å². The van der Waals surface area contributed by atoms with E-state index >= 15 is 0 Å². The summed E-state index contributed by atoms with van der Waals surface area (Å²) in [6.07, 6.45) is 1.69. The van der Waals surface area contributed by atoms with Crippen molar-refractivity contribution in [3.8, 4) is 11.1 Å². The Kier molecular flexibility index (Phi) is 8.54. The van der Waals surface area contributed by atoms with Crippen molar-refractivity contribution in [2.24, 2.45) is 4.99 Å². The van der Waals surface area contributed by atoms with Crippen molar-refractivity contribution in [1.29, 1.82) is 0 Å². The fourth-order valence-corrected chi connectivity index (χ4v) is 3.22. The highest BCUT2D eigenvalue weighted by molar-refractivity contribution is 5.92. The Bertz CT molecular complexity index is 1340. The van der Waals surface area contributed by atoms with Gasteiger partial charge in [-0.15, -0.1) is 0 Å². The zero-order chi connectivity index (χ0) is 27.2. The van der Waals surface area contributed by atoms with E-state index < -0.39 is 17.6 Å². The Morgan fingerprint density at radius 2 is 1.65 bits per heavy atom. The van der Waals surface area contributed by atoms with Crippen molar-refractivity contribution >= 4 is 23.8 Å². The van der Waals surface area contributed by atoms with Crippen LogP contribution in [0.2, 0.25) is 0 Å². The first-order chi connectivity index (χ1) is 17.4. The van der Waals surface area contributed by atoms with Crippen LogP contribution >= 0.6 is 0 Å². The molecule has 0 fully saturated rings. The van der Waals surface area contributed by atoms with E-state index in [0.29, 0.717) is 17.2 Å². The normalized spacial score (nSPS) is 11.3. The topological polar surface area (TPSA) is 92.2 Å². The van der Waals surface area contributed by atoms with Gasteiger partial charge in [0.15, 0.2) is 0 Å². The third kappa shape index (κ3) is 7.83. The van der Waals surface area contributed by atoms with Gasteiger partial charge in [0.1, 0.15) is 0 Å². The first-order valence-electron chi connectivity index (χ1n) is 11.3. The minimum absolute atomic E-state index is 0.00689. The number of alkyl halides is 3. The van der Waals surface area contributed by atoms with E-state index in [1.165, 1.54) is 13.1 Å². The van der Waals surface area contributed by atoms with Crippen LogP contribution in [0.5, 0.6) is 0 Å². The highest BCUT2D eigenvalue weighted by Crippen LogP contribution is 2.32. The van der Waals surface area contributed by atoms with Crippen LogP contribution in [0.4, 0.5) is 24.8 Å². The number of rotatable bonds is 8. The van der Waals surface area contributed by atoms with Gasteiger partial charge in [-0.05, 0) is 44.9 Å². The summed E-state index contributed by atoms with van der Waals surface area (Å²) >= 11 is 0. The molecule has 10 heteroatoms. The molecule has 1 amide bonds. The van der Waals surface area contributed by atoms with Gasteiger partial charge in [0.2, 0.25) is 11.9 Å². The van der Waals surface area contributed by atoms with Crippen molar-refractivity contribution in [1.82, 2.24) is 15.0 Å².